The fourth-order valence-corrected chi connectivity index (χ4v) is 2.34. The molecule has 0 nitrogen and oxygen atoms in total. The van der Waals surface area contributed by atoms with E-state index in [0.717, 1.165) is 38.5 Å². The first-order chi connectivity index (χ1) is 10.5. The van der Waals surface area contributed by atoms with E-state index in [-0.39, 0.29) is 6.42 Å². The van der Waals surface area contributed by atoms with E-state index in [4.69, 9.17) is 0 Å². The van der Waals surface area contributed by atoms with Crippen molar-refractivity contribution in [3.05, 3.63) is 47.3 Å². The highest BCUT2D eigenvalue weighted by atomic mass is 19.2. The molecule has 0 bridgehead atoms. The lowest BCUT2D eigenvalue weighted by molar-refractivity contribution is 0.368. The molecule has 22 heavy (non-hydrogen) atoms. The summed E-state index contributed by atoms with van der Waals surface area (Å²) in [5, 5.41) is 0. The zero-order valence-electron chi connectivity index (χ0n) is 12.5. The average molecular weight is 320 g/mol. The minimum atomic E-state index is -2.10. The lowest BCUT2D eigenvalue weighted by atomic mass is 10.0. The number of hydrogen-bond acceptors (Lipinski definition) is 0. The molecular formula is C17H21F5. The van der Waals surface area contributed by atoms with Crippen LogP contribution in [0.25, 0.3) is 0 Å². The van der Waals surface area contributed by atoms with Crippen LogP contribution in [0.1, 0.15) is 56.9 Å². The van der Waals surface area contributed by atoms with Gasteiger partial charge < -0.3 is 0 Å². The summed E-state index contributed by atoms with van der Waals surface area (Å²) >= 11 is 0. The van der Waals surface area contributed by atoms with Crippen molar-refractivity contribution in [1.29, 1.82) is 0 Å². The zero-order chi connectivity index (χ0) is 16.5. The Balaban J connectivity index is 2.35. The van der Waals surface area contributed by atoms with Crippen LogP contribution in [0.5, 0.6) is 0 Å². The maximum absolute atomic E-state index is 13.4. The molecule has 5 heteroatoms. The minimum Gasteiger partial charge on any atom is -0.203 e. The summed E-state index contributed by atoms with van der Waals surface area (Å²) in [6, 6.07) is 0. The molecule has 0 heterocycles. The van der Waals surface area contributed by atoms with Gasteiger partial charge in [-0.3, -0.25) is 0 Å². The molecule has 0 spiro atoms. The van der Waals surface area contributed by atoms with Crippen molar-refractivity contribution in [2.24, 2.45) is 0 Å². The molecule has 1 aromatic rings. The smallest absolute Gasteiger partial charge is 0.200 e. The van der Waals surface area contributed by atoms with Gasteiger partial charge in [-0.15, -0.1) is 6.58 Å². The van der Waals surface area contributed by atoms with E-state index in [2.05, 4.69) is 6.58 Å². The van der Waals surface area contributed by atoms with Crippen LogP contribution < -0.4 is 0 Å². The standard InChI is InChI=1S/C17H21F5/c1-2-3-4-5-6-7-8-9-10-11-12-13(18)15(20)17(22)16(21)14(12)19/h2H,1,3-11H2. The normalized spacial score (nSPS) is 11.0. The monoisotopic (exact) mass is 320 g/mol. The molecule has 0 aliphatic rings. The molecule has 1 aromatic carbocycles. The molecule has 1 rings (SSSR count). The van der Waals surface area contributed by atoms with Crippen molar-refractivity contribution >= 4 is 0 Å². The molecule has 0 saturated carbocycles. The van der Waals surface area contributed by atoms with E-state index in [1.54, 1.807) is 0 Å². The Morgan fingerprint density at radius 3 is 1.50 bits per heavy atom. The van der Waals surface area contributed by atoms with Gasteiger partial charge in [0.05, 0.1) is 0 Å². The van der Waals surface area contributed by atoms with Gasteiger partial charge in [-0.1, -0.05) is 38.2 Å². The van der Waals surface area contributed by atoms with Crippen LogP contribution in [-0.4, -0.2) is 0 Å². The molecule has 0 unspecified atom stereocenters. The molecule has 0 atom stereocenters. The van der Waals surface area contributed by atoms with Crippen LogP contribution in [0.3, 0.4) is 0 Å². The average Bonchev–Trinajstić information content (AvgIpc) is 2.52. The van der Waals surface area contributed by atoms with E-state index in [1.165, 1.54) is 0 Å². The minimum absolute atomic E-state index is 0.137. The topological polar surface area (TPSA) is 0 Å². The largest absolute Gasteiger partial charge is 0.203 e. The highest BCUT2D eigenvalue weighted by molar-refractivity contribution is 5.24. The van der Waals surface area contributed by atoms with Crippen molar-refractivity contribution in [3.8, 4) is 0 Å². The second kappa shape index (κ2) is 9.59. The quantitative estimate of drug-likeness (QED) is 0.158. The SMILES string of the molecule is C=CCCCCCCCCCc1c(F)c(F)c(F)c(F)c1F. The Morgan fingerprint density at radius 2 is 1.00 bits per heavy atom. The van der Waals surface area contributed by atoms with E-state index >= 15 is 0 Å². The number of allylic oxidation sites excluding steroid dienone is 1. The number of halogens is 5. The number of benzene rings is 1. The van der Waals surface area contributed by atoms with Gasteiger partial charge in [0, 0.05) is 5.56 Å². The van der Waals surface area contributed by atoms with Crippen LogP contribution in [0.4, 0.5) is 22.0 Å². The Kier molecular flexibility index (Phi) is 8.13. The predicted octanol–water partition coefficient (Wildman–Crippen LogP) is 6.23. The van der Waals surface area contributed by atoms with Crippen molar-refractivity contribution in [2.45, 2.75) is 57.8 Å². The van der Waals surface area contributed by atoms with Gasteiger partial charge in [-0.05, 0) is 25.7 Å². The molecule has 0 aliphatic heterocycles. The van der Waals surface area contributed by atoms with E-state index < -0.39 is 34.6 Å². The maximum atomic E-state index is 13.4. The van der Waals surface area contributed by atoms with Crippen molar-refractivity contribution < 1.29 is 22.0 Å². The summed E-state index contributed by atoms with van der Waals surface area (Å²) in [5.41, 5.74) is -0.706. The van der Waals surface area contributed by atoms with Crippen LogP contribution >= 0.6 is 0 Å². The fraction of sp³-hybridized carbons (Fsp3) is 0.529. The molecule has 0 aliphatic carbocycles. The van der Waals surface area contributed by atoms with Gasteiger partial charge in [-0.25, -0.2) is 22.0 Å². The Bertz CT molecular complexity index is 467. The van der Waals surface area contributed by atoms with Gasteiger partial charge in [0.25, 0.3) is 0 Å². The summed E-state index contributed by atoms with van der Waals surface area (Å²) in [7, 11) is 0. The maximum Gasteiger partial charge on any atom is 0.200 e. The van der Waals surface area contributed by atoms with Crippen LogP contribution in [0, 0.1) is 29.1 Å². The molecule has 0 radical (unpaired) electrons. The summed E-state index contributed by atoms with van der Waals surface area (Å²) in [5.74, 6) is -9.24. The molecule has 0 saturated heterocycles. The first-order valence-corrected chi connectivity index (χ1v) is 7.61. The first kappa shape index (κ1) is 18.7. The van der Waals surface area contributed by atoms with E-state index in [0.29, 0.717) is 12.8 Å². The number of unbranched alkanes of at least 4 members (excludes halogenated alkanes) is 7. The van der Waals surface area contributed by atoms with Gasteiger partial charge in [0.2, 0.25) is 5.82 Å². The third kappa shape index (κ3) is 5.11. The molecule has 124 valence electrons. The van der Waals surface area contributed by atoms with Gasteiger partial charge >= 0.3 is 0 Å². The molecule has 0 aromatic heterocycles. The number of hydrogen-bond donors (Lipinski definition) is 0. The predicted molar refractivity (Wildman–Crippen MR) is 77.1 cm³/mol. The van der Waals surface area contributed by atoms with Crippen LogP contribution in [0.15, 0.2) is 12.7 Å². The Hall–Kier alpha value is -1.39. The molecular weight excluding hydrogens is 299 g/mol. The van der Waals surface area contributed by atoms with Gasteiger partial charge in [0.1, 0.15) is 0 Å². The van der Waals surface area contributed by atoms with Crippen molar-refractivity contribution in [2.75, 3.05) is 0 Å². The van der Waals surface area contributed by atoms with Crippen LogP contribution in [0.2, 0.25) is 0 Å². The highest BCUT2D eigenvalue weighted by Crippen LogP contribution is 2.24. The lowest BCUT2D eigenvalue weighted by Gasteiger charge is -2.08. The van der Waals surface area contributed by atoms with Crippen LogP contribution in [-0.2, 0) is 6.42 Å². The van der Waals surface area contributed by atoms with Gasteiger partial charge in [0.15, 0.2) is 23.3 Å². The van der Waals surface area contributed by atoms with Crippen molar-refractivity contribution in [1.82, 2.24) is 0 Å². The summed E-state index contributed by atoms with van der Waals surface area (Å²) in [6.45, 7) is 3.64. The summed E-state index contributed by atoms with van der Waals surface area (Å²) < 4.78 is 65.7. The van der Waals surface area contributed by atoms with Gasteiger partial charge in [-0.2, -0.15) is 0 Å². The Morgan fingerprint density at radius 1 is 0.591 bits per heavy atom. The second-order valence-electron chi connectivity index (χ2n) is 5.35. The second-order valence-corrected chi connectivity index (χ2v) is 5.35. The number of rotatable bonds is 10. The zero-order valence-corrected chi connectivity index (χ0v) is 12.5. The van der Waals surface area contributed by atoms with E-state index in [1.807, 2.05) is 6.08 Å². The highest BCUT2D eigenvalue weighted by Gasteiger charge is 2.24. The molecule has 0 amide bonds. The Labute approximate surface area is 128 Å². The first-order valence-electron chi connectivity index (χ1n) is 7.61. The third-order valence-corrected chi connectivity index (χ3v) is 3.64. The molecule has 0 N–H and O–H groups in total. The lowest BCUT2D eigenvalue weighted by Crippen LogP contribution is -2.07. The summed E-state index contributed by atoms with van der Waals surface area (Å²) in [6.07, 6.45) is 9.06. The fourth-order valence-electron chi connectivity index (χ4n) is 2.34. The third-order valence-electron chi connectivity index (χ3n) is 3.64. The van der Waals surface area contributed by atoms with Crippen molar-refractivity contribution in [3.63, 3.8) is 0 Å². The van der Waals surface area contributed by atoms with E-state index in [9.17, 15) is 22.0 Å². The summed E-state index contributed by atoms with van der Waals surface area (Å²) in [4.78, 5) is 0. The molecule has 0 fully saturated rings.